The van der Waals surface area contributed by atoms with Gasteiger partial charge in [-0.3, -0.25) is 0 Å². The van der Waals surface area contributed by atoms with Crippen LogP contribution in [0.2, 0.25) is 0 Å². The van der Waals surface area contributed by atoms with Gasteiger partial charge in [-0.2, -0.15) is 0 Å². The number of fused-ring (bicyclic) bond motifs is 2. The van der Waals surface area contributed by atoms with Crippen LogP contribution in [-0.4, -0.2) is 22.8 Å². The van der Waals surface area contributed by atoms with Crippen LogP contribution < -0.4 is 10.1 Å². The van der Waals surface area contributed by atoms with E-state index in [4.69, 9.17) is 4.74 Å². The molecule has 2 saturated heterocycles. The monoisotopic (exact) mass is 275 g/mol. The number of rotatable bonds is 2. The number of piperidine rings is 1. The molecule has 2 atom stereocenters. The fraction of sp³-hybridized carbons (Fsp3) is 0.647. The van der Waals surface area contributed by atoms with Crippen molar-refractivity contribution in [2.45, 2.75) is 69.7 Å². The summed E-state index contributed by atoms with van der Waals surface area (Å²) in [5.41, 5.74) is 0.168. The second-order valence-electron chi connectivity index (χ2n) is 7.32. The molecule has 110 valence electrons. The molecule has 2 unspecified atom stereocenters. The molecule has 2 aliphatic rings. The van der Waals surface area contributed by atoms with Crippen molar-refractivity contribution in [3.8, 4) is 5.75 Å². The van der Waals surface area contributed by atoms with Crippen molar-refractivity contribution in [3.05, 3.63) is 29.8 Å². The molecule has 0 aliphatic carbocycles. The first-order valence-electron chi connectivity index (χ1n) is 7.62. The highest BCUT2D eigenvalue weighted by Crippen LogP contribution is 2.41. The first-order valence-corrected chi connectivity index (χ1v) is 7.62. The van der Waals surface area contributed by atoms with E-state index >= 15 is 0 Å². The van der Waals surface area contributed by atoms with E-state index in [9.17, 15) is 5.11 Å². The van der Waals surface area contributed by atoms with Gasteiger partial charge >= 0.3 is 0 Å². The standard InChI is InChI=1S/C17H25NO2/c1-16(2,3)20-15-8-4-12(5-9-15)17(19)10-13-6-7-14(11-17)18-13/h4-5,8-9,13-14,18-19H,6-7,10-11H2,1-3H3. The number of benzene rings is 1. The Kier molecular flexibility index (Phi) is 3.30. The van der Waals surface area contributed by atoms with E-state index in [1.807, 2.05) is 45.0 Å². The second kappa shape index (κ2) is 4.74. The molecule has 20 heavy (non-hydrogen) atoms. The Bertz CT molecular complexity index is 463. The Morgan fingerprint density at radius 1 is 1.10 bits per heavy atom. The van der Waals surface area contributed by atoms with Crippen LogP contribution in [0.4, 0.5) is 0 Å². The summed E-state index contributed by atoms with van der Waals surface area (Å²) in [5, 5.41) is 14.5. The topological polar surface area (TPSA) is 41.5 Å². The van der Waals surface area contributed by atoms with E-state index in [2.05, 4.69) is 5.32 Å². The van der Waals surface area contributed by atoms with Crippen LogP contribution in [-0.2, 0) is 5.60 Å². The molecule has 2 fully saturated rings. The van der Waals surface area contributed by atoms with Gasteiger partial charge in [-0.1, -0.05) is 12.1 Å². The predicted molar refractivity (Wildman–Crippen MR) is 79.9 cm³/mol. The minimum absolute atomic E-state index is 0.188. The number of aliphatic hydroxyl groups is 1. The lowest BCUT2D eigenvalue weighted by Crippen LogP contribution is -2.46. The summed E-state index contributed by atoms with van der Waals surface area (Å²) in [4.78, 5) is 0. The average molecular weight is 275 g/mol. The molecule has 0 radical (unpaired) electrons. The lowest BCUT2D eigenvalue weighted by atomic mass is 9.81. The van der Waals surface area contributed by atoms with Gasteiger partial charge in [0, 0.05) is 12.1 Å². The van der Waals surface area contributed by atoms with E-state index in [0.29, 0.717) is 12.1 Å². The Morgan fingerprint density at radius 2 is 1.65 bits per heavy atom. The van der Waals surface area contributed by atoms with E-state index in [-0.39, 0.29) is 5.60 Å². The minimum Gasteiger partial charge on any atom is -0.488 e. The average Bonchev–Trinajstić information content (AvgIpc) is 2.68. The van der Waals surface area contributed by atoms with Crippen LogP contribution in [0.5, 0.6) is 5.75 Å². The number of nitrogens with one attached hydrogen (secondary N) is 1. The lowest BCUT2D eigenvalue weighted by molar-refractivity contribution is -0.0115. The maximum Gasteiger partial charge on any atom is 0.120 e. The number of hydrogen-bond donors (Lipinski definition) is 2. The molecule has 0 amide bonds. The number of ether oxygens (including phenoxy) is 1. The van der Waals surface area contributed by atoms with Crippen LogP contribution in [0.1, 0.15) is 52.0 Å². The van der Waals surface area contributed by atoms with Gasteiger partial charge in [0.2, 0.25) is 0 Å². The van der Waals surface area contributed by atoms with E-state index in [0.717, 1.165) is 24.2 Å². The highest BCUT2D eigenvalue weighted by Gasteiger charge is 2.43. The van der Waals surface area contributed by atoms with Crippen molar-refractivity contribution in [2.75, 3.05) is 0 Å². The Balaban J connectivity index is 1.77. The zero-order valence-electron chi connectivity index (χ0n) is 12.6. The first-order chi connectivity index (χ1) is 9.34. The van der Waals surface area contributed by atoms with Gasteiger partial charge in [-0.05, 0) is 64.2 Å². The zero-order valence-corrected chi connectivity index (χ0v) is 12.6. The van der Waals surface area contributed by atoms with Crippen LogP contribution in [0.3, 0.4) is 0 Å². The van der Waals surface area contributed by atoms with Crippen molar-refractivity contribution in [1.29, 1.82) is 0 Å². The summed E-state index contributed by atoms with van der Waals surface area (Å²) >= 11 is 0. The summed E-state index contributed by atoms with van der Waals surface area (Å²) in [5.74, 6) is 0.863. The quantitative estimate of drug-likeness (QED) is 0.872. The smallest absolute Gasteiger partial charge is 0.120 e. The summed E-state index contributed by atoms with van der Waals surface area (Å²) in [7, 11) is 0. The summed E-state index contributed by atoms with van der Waals surface area (Å²) in [6, 6.07) is 8.94. The molecular weight excluding hydrogens is 250 g/mol. The highest BCUT2D eigenvalue weighted by atomic mass is 16.5. The van der Waals surface area contributed by atoms with Gasteiger partial charge in [0.1, 0.15) is 11.4 Å². The molecule has 3 heteroatoms. The molecule has 1 aromatic carbocycles. The first kappa shape index (κ1) is 13.9. The van der Waals surface area contributed by atoms with Gasteiger partial charge in [0.25, 0.3) is 0 Å². The van der Waals surface area contributed by atoms with Crippen molar-refractivity contribution in [3.63, 3.8) is 0 Å². The minimum atomic E-state index is -0.669. The van der Waals surface area contributed by atoms with Crippen LogP contribution in [0.25, 0.3) is 0 Å². The molecule has 2 heterocycles. The molecule has 2 bridgehead atoms. The largest absolute Gasteiger partial charge is 0.488 e. The molecular formula is C17H25NO2. The van der Waals surface area contributed by atoms with Gasteiger partial charge in [0.05, 0.1) is 5.60 Å². The SMILES string of the molecule is CC(C)(C)Oc1ccc(C2(O)CC3CCC(C2)N3)cc1. The van der Waals surface area contributed by atoms with E-state index < -0.39 is 5.60 Å². The molecule has 1 aromatic rings. The van der Waals surface area contributed by atoms with E-state index in [1.54, 1.807) is 0 Å². The third-order valence-electron chi connectivity index (χ3n) is 4.32. The van der Waals surface area contributed by atoms with Crippen molar-refractivity contribution >= 4 is 0 Å². The van der Waals surface area contributed by atoms with Crippen LogP contribution >= 0.6 is 0 Å². The molecule has 3 nitrogen and oxygen atoms in total. The van der Waals surface area contributed by atoms with Crippen LogP contribution in [0, 0.1) is 0 Å². The molecule has 0 spiro atoms. The molecule has 2 aliphatic heterocycles. The zero-order chi connectivity index (χ0) is 14.4. The van der Waals surface area contributed by atoms with Gasteiger partial charge in [-0.15, -0.1) is 0 Å². The maximum atomic E-state index is 11.0. The highest BCUT2D eigenvalue weighted by molar-refractivity contribution is 5.32. The fourth-order valence-corrected chi connectivity index (χ4v) is 3.55. The van der Waals surface area contributed by atoms with Crippen LogP contribution in [0.15, 0.2) is 24.3 Å². The Hall–Kier alpha value is -1.06. The van der Waals surface area contributed by atoms with Gasteiger partial charge < -0.3 is 15.2 Å². The Labute approximate surface area is 121 Å². The third kappa shape index (κ3) is 2.84. The molecule has 2 N–H and O–H groups in total. The van der Waals surface area contributed by atoms with E-state index in [1.165, 1.54) is 12.8 Å². The predicted octanol–water partition coefficient (Wildman–Crippen LogP) is 2.97. The van der Waals surface area contributed by atoms with Crippen molar-refractivity contribution < 1.29 is 9.84 Å². The normalized spacial score (nSPS) is 33.2. The fourth-order valence-electron chi connectivity index (χ4n) is 3.55. The summed E-state index contributed by atoms with van der Waals surface area (Å²) in [6.45, 7) is 6.12. The number of hydrogen-bond acceptors (Lipinski definition) is 3. The maximum absolute atomic E-state index is 11.0. The van der Waals surface area contributed by atoms with Crippen molar-refractivity contribution in [1.82, 2.24) is 5.32 Å². The second-order valence-corrected chi connectivity index (χ2v) is 7.32. The summed E-state index contributed by atoms with van der Waals surface area (Å²) in [6.07, 6.45) is 4.03. The third-order valence-corrected chi connectivity index (χ3v) is 4.32. The van der Waals surface area contributed by atoms with Gasteiger partial charge in [0.15, 0.2) is 0 Å². The molecule has 0 aromatic heterocycles. The molecule has 0 saturated carbocycles. The van der Waals surface area contributed by atoms with Gasteiger partial charge in [-0.25, -0.2) is 0 Å². The Morgan fingerprint density at radius 3 is 2.15 bits per heavy atom. The summed E-state index contributed by atoms with van der Waals surface area (Å²) < 4.78 is 5.84. The molecule has 3 rings (SSSR count). The lowest BCUT2D eigenvalue weighted by Gasteiger charge is -2.37. The van der Waals surface area contributed by atoms with Crippen molar-refractivity contribution in [2.24, 2.45) is 0 Å².